The van der Waals surface area contributed by atoms with Gasteiger partial charge in [-0.25, -0.2) is 0 Å². The third kappa shape index (κ3) is 6.30. The largest absolute Gasteiger partial charge is 0.497 e. The van der Waals surface area contributed by atoms with Gasteiger partial charge in [-0.1, -0.05) is 18.1 Å². The zero-order valence-corrected chi connectivity index (χ0v) is 12.5. The summed E-state index contributed by atoms with van der Waals surface area (Å²) in [4.78, 5) is 12.6. The Balaban J connectivity index is 2.65. The van der Waals surface area contributed by atoms with Crippen LogP contribution in [0.1, 0.15) is 5.56 Å². The van der Waals surface area contributed by atoms with Gasteiger partial charge >= 0.3 is 5.97 Å². The minimum atomic E-state index is -0.863. The third-order valence-corrected chi connectivity index (χ3v) is 3.25. The fourth-order valence-corrected chi connectivity index (χ4v) is 2.04. The topological polar surface area (TPSA) is 61.8 Å². The van der Waals surface area contributed by atoms with Crippen LogP contribution in [0.15, 0.2) is 24.3 Å². The minimum absolute atomic E-state index is 0.0526. The second-order valence-electron chi connectivity index (χ2n) is 4.85. The van der Waals surface area contributed by atoms with Crippen molar-refractivity contribution in [3.8, 4) is 18.1 Å². The molecule has 5 heteroatoms. The highest BCUT2D eigenvalue weighted by Gasteiger charge is 2.15. The zero-order chi connectivity index (χ0) is 15.7. The number of carbonyl (C=O) groups is 1. The minimum Gasteiger partial charge on any atom is -0.497 e. The summed E-state index contributed by atoms with van der Waals surface area (Å²) in [5.41, 5.74) is 1.15. The van der Waals surface area contributed by atoms with Gasteiger partial charge in [-0.3, -0.25) is 9.69 Å². The second-order valence-corrected chi connectivity index (χ2v) is 4.85. The van der Waals surface area contributed by atoms with Crippen molar-refractivity contribution in [1.29, 1.82) is 0 Å². The van der Waals surface area contributed by atoms with E-state index in [1.165, 1.54) is 0 Å². The van der Waals surface area contributed by atoms with Crippen LogP contribution in [0.25, 0.3) is 0 Å². The second kappa shape index (κ2) is 9.01. The number of methoxy groups -OCH3 is 1. The monoisotopic (exact) mass is 290 g/mol. The number of nitrogens with one attached hydrogen (secondary N) is 1. The first-order valence-electron chi connectivity index (χ1n) is 6.76. The van der Waals surface area contributed by atoms with Crippen molar-refractivity contribution in [1.82, 2.24) is 10.2 Å². The molecule has 0 unspecified atom stereocenters. The molecule has 0 heterocycles. The van der Waals surface area contributed by atoms with E-state index in [1.807, 2.05) is 36.2 Å². The number of carboxylic acids is 1. The van der Waals surface area contributed by atoms with E-state index < -0.39 is 5.97 Å². The van der Waals surface area contributed by atoms with Gasteiger partial charge in [0, 0.05) is 12.6 Å². The van der Waals surface area contributed by atoms with Crippen LogP contribution in [-0.2, 0) is 11.2 Å². The molecule has 0 radical (unpaired) electrons. The van der Waals surface area contributed by atoms with Gasteiger partial charge in [0.2, 0.25) is 0 Å². The fourth-order valence-electron chi connectivity index (χ4n) is 2.04. The van der Waals surface area contributed by atoms with Crippen LogP contribution in [0.5, 0.6) is 5.75 Å². The third-order valence-electron chi connectivity index (χ3n) is 3.25. The Morgan fingerprint density at radius 3 is 2.67 bits per heavy atom. The molecule has 1 aromatic rings. The lowest BCUT2D eigenvalue weighted by Gasteiger charge is -2.26. The van der Waals surface area contributed by atoms with Crippen LogP contribution in [0.4, 0.5) is 0 Å². The average Bonchev–Trinajstić information content (AvgIpc) is 2.47. The van der Waals surface area contributed by atoms with Crippen molar-refractivity contribution < 1.29 is 14.6 Å². The summed E-state index contributed by atoms with van der Waals surface area (Å²) >= 11 is 0. The Kier molecular flexibility index (Phi) is 7.30. The highest BCUT2D eigenvalue weighted by atomic mass is 16.5. The highest BCUT2D eigenvalue weighted by molar-refractivity contribution is 5.68. The van der Waals surface area contributed by atoms with Gasteiger partial charge in [0.25, 0.3) is 0 Å². The van der Waals surface area contributed by atoms with Crippen LogP contribution in [0, 0.1) is 12.3 Å². The molecule has 0 saturated heterocycles. The number of benzene rings is 1. The first kappa shape index (κ1) is 17.0. The van der Waals surface area contributed by atoms with E-state index in [9.17, 15) is 4.79 Å². The number of hydrogen-bond acceptors (Lipinski definition) is 4. The summed E-state index contributed by atoms with van der Waals surface area (Å²) < 4.78 is 5.14. The lowest BCUT2D eigenvalue weighted by Crippen LogP contribution is -2.43. The van der Waals surface area contributed by atoms with E-state index in [2.05, 4.69) is 11.2 Å². The molecule has 0 saturated carbocycles. The van der Waals surface area contributed by atoms with E-state index in [1.54, 1.807) is 7.11 Å². The molecule has 5 nitrogen and oxygen atoms in total. The van der Waals surface area contributed by atoms with Crippen LogP contribution < -0.4 is 10.1 Å². The van der Waals surface area contributed by atoms with Crippen LogP contribution in [-0.4, -0.2) is 55.8 Å². The van der Waals surface area contributed by atoms with E-state index in [0.717, 1.165) is 17.7 Å². The maximum atomic E-state index is 10.6. The van der Waals surface area contributed by atoms with Gasteiger partial charge < -0.3 is 15.2 Å². The maximum Gasteiger partial charge on any atom is 0.317 e. The van der Waals surface area contributed by atoms with Crippen molar-refractivity contribution in [2.45, 2.75) is 12.5 Å². The van der Waals surface area contributed by atoms with Gasteiger partial charge in [0.1, 0.15) is 5.75 Å². The lowest BCUT2D eigenvalue weighted by atomic mass is 10.0. The smallest absolute Gasteiger partial charge is 0.317 e. The lowest BCUT2D eigenvalue weighted by molar-refractivity contribution is -0.136. The molecule has 0 aromatic heterocycles. The molecule has 21 heavy (non-hydrogen) atoms. The number of carboxylic acid groups (broad SMARTS) is 1. The molecule has 0 fully saturated rings. The van der Waals surface area contributed by atoms with Gasteiger partial charge in [0.05, 0.1) is 20.2 Å². The summed E-state index contributed by atoms with van der Waals surface area (Å²) in [5.74, 6) is 2.57. The number of likely N-dealkylation sites (N-methyl/N-ethyl adjacent to an activating group) is 1. The Morgan fingerprint density at radius 2 is 2.14 bits per heavy atom. The van der Waals surface area contributed by atoms with Crippen molar-refractivity contribution in [2.24, 2.45) is 0 Å². The normalized spacial score (nSPS) is 11.9. The number of terminal acetylenes is 1. The molecule has 0 aliphatic rings. The quantitative estimate of drug-likeness (QED) is 0.660. The van der Waals surface area contributed by atoms with E-state index in [0.29, 0.717) is 13.1 Å². The van der Waals surface area contributed by atoms with E-state index in [-0.39, 0.29) is 12.6 Å². The molecule has 1 aromatic carbocycles. The SMILES string of the molecule is C#CCN(C)[C@H](CNCC(=O)O)Cc1ccc(OC)cc1. The first-order valence-corrected chi connectivity index (χ1v) is 6.76. The Bertz CT molecular complexity index is 479. The summed E-state index contributed by atoms with van der Waals surface area (Å²) in [6.07, 6.45) is 6.14. The fraction of sp³-hybridized carbons (Fsp3) is 0.438. The highest BCUT2D eigenvalue weighted by Crippen LogP contribution is 2.14. The van der Waals surface area contributed by atoms with Crippen molar-refractivity contribution in [3.63, 3.8) is 0 Å². The van der Waals surface area contributed by atoms with E-state index >= 15 is 0 Å². The molecule has 2 N–H and O–H groups in total. The Hall–Kier alpha value is -2.03. The van der Waals surface area contributed by atoms with Crippen molar-refractivity contribution >= 4 is 5.97 Å². The number of aliphatic carboxylic acids is 1. The average molecular weight is 290 g/mol. The number of ether oxygens (including phenoxy) is 1. The molecule has 1 rings (SSSR count). The molecule has 0 spiro atoms. The van der Waals surface area contributed by atoms with Crippen LogP contribution in [0.2, 0.25) is 0 Å². The van der Waals surface area contributed by atoms with E-state index in [4.69, 9.17) is 16.3 Å². The molecule has 0 aliphatic heterocycles. The predicted molar refractivity (Wildman–Crippen MR) is 82.5 cm³/mol. The molecule has 1 atom stereocenters. The molecule has 114 valence electrons. The van der Waals surface area contributed by atoms with Crippen molar-refractivity contribution in [3.05, 3.63) is 29.8 Å². The van der Waals surface area contributed by atoms with Gasteiger partial charge in [-0.15, -0.1) is 6.42 Å². The Morgan fingerprint density at radius 1 is 1.48 bits per heavy atom. The number of nitrogens with zero attached hydrogens (tertiary/aromatic N) is 1. The summed E-state index contributed by atoms with van der Waals surface area (Å²) in [5, 5.41) is 11.6. The zero-order valence-electron chi connectivity index (χ0n) is 12.5. The van der Waals surface area contributed by atoms with Crippen molar-refractivity contribution in [2.75, 3.05) is 33.8 Å². The van der Waals surface area contributed by atoms with Crippen LogP contribution >= 0.6 is 0 Å². The number of hydrogen-bond donors (Lipinski definition) is 2. The first-order chi connectivity index (χ1) is 10.1. The predicted octanol–water partition coefficient (Wildman–Crippen LogP) is 0.846. The number of rotatable bonds is 9. The van der Waals surface area contributed by atoms with Gasteiger partial charge in [-0.05, 0) is 31.2 Å². The summed E-state index contributed by atoms with van der Waals surface area (Å²) in [6, 6.07) is 7.98. The van der Waals surface area contributed by atoms with Gasteiger partial charge in [0.15, 0.2) is 0 Å². The van der Waals surface area contributed by atoms with Crippen LogP contribution in [0.3, 0.4) is 0 Å². The molecule has 0 amide bonds. The summed E-state index contributed by atoms with van der Waals surface area (Å²) in [6.45, 7) is 1.04. The molecule has 0 bridgehead atoms. The standard InChI is InChI=1S/C16H22N2O3/c1-4-9-18(2)14(11-17-12-16(19)20)10-13-5-7-15(21-3)8-6-13/h1,5-8,14,17H,9-12H2,2-3H3,(H,19,20)/t14-/m0/s1. The van der Waals surface area contributed by atoms with Gasteiger partial charge in [-0.2, -0.15) is 0 Å². The molecular formula is C16H22N2O3. The Labute approximate surface area is 125 Å². The maximum absolute atomic E-state index is 10.6. The summed E-state index contributed by atoms with van der Waals surface area (Å²) in [7, 11) is 3.57. The molecule has 0 aliphatic carbocycles. The molecular weight excluding hydrogens is 268 g/mol.